The summed E-state index contributed by atoms with van der Waals surface area (Å²) in [6, 6.07) is 3.87. The zero-order valence-electron chi connectivity index (χ0n) is 10.5. The Bertz CT molecular complexity index is 381. The molecule has 0 fully saturated rings. The number of aliphatic hydroxyl groups is 1. The number of nitrogens with zero attached hydrogens (tertiary/aromatic N) is 2. The van der Waals surface area contributed by atoms with Crippen LogP contribution in [-0.4, -0.2) is 47.1 Å². The first-order valence-electron chi connectivity index (χ1n) is 5.77. The largest absolute Gasteiger partial charge is 0.390 e. The number of likely N-dealkylation sites (N-methyl/N-ethyl adjacent to an activating group) is 1. The Kier molecular flexibility index (Phi) is 6.04. The minimum atomic E-state index is -0.597. The van der Waals surface area contributed by atoms with Crippen LogP contribution in [0.5, 0.6) is 0 Å². The highest BCUT2D eigenvalue weighted by Crippen LogP contribution is 2.01. The van der Waals surface area contributed by atoms with E-state index in [0.29, 0.717) is 6.54 Å². The summed E-state index contributed by atoms with van der Waals surface area (Å²) in [6.45, 7) is 4.79. The third-order valence-corrected chi connectivity index (χ3v) is 2.42. The molecule has 0 saturated carbocycles. The fourth-order valence-electron chi connectivity index (χ4n) is 1.58. The van der Waals surface area contributed by atoms with Crippen molar-refractivity contribution < 1.29 is 9.90 Å². The van der Waals surface area contributed by atoms with Crippen molar-refractivity contribution in [2.24, 2.45) is 0 Å². The van der Waals surface area contributed by atoms with E-state index in [0.717, 1.165) is 12.1 Å². The average molecular weight is 249 g/mol. The standard InChI is InChI=1S/C13H19N3O2/c1-3-13(18)15-8-12(17)10-16(2)9-11-4-6-14-7-5-11/h3-7,12,17H,1,8-10H2,2H3,(H,15,18). The van der Waals surface area contributed by atoms with E-state index >= 15 is 0 Å². The first-order chi connectivity index (χ1) is 8.61. The maximum Gasteiger partial charge on any atom is 0.243 e. The number of amides is 1. The minimum absolute atomic E-state index is 0.228. The van der Waals surface area contributed by atoms with Crippen molar-refractivity contribution in [3.8, 4) is 0 Å². The zero-order chi connectivity index (χ0) is 13.4. The number of hydrogen-bond donors (Lipinski definition) is 2. The molecule has 0 bridgehead atoms. The molecule has 0 aliphatic rings. The number of carbonyl (C=O) groups is 1. The minimum Gasteiger partial charge on any atom is -0.390 e. The van der Waals surface area contributed by atoms with E-state index < -0.39 is 6.10 Å². The summed E-state index contributed by atoms with van der Waals surface area (Å²) in [5.74, 6) is -0.272. The number of aliphatic hydroxyl groups excluding tert-OH is 1. The molecule has 1 rings (SSSR count). The summed E-state index contributed by atoms with van der Waals surface area (Å²) < 4.78 is 0. The highest BCUT2D eigenvalue weighted by atomic mass is 16.3. The second-order valence-corrected chi connectivity index (χ2v) is 4.16. The normalized spacial score (nSPS) is 12.2. The van der Waals surface area contributed by atoms with E-state index in [1.807, 2.05) is 24.1 Å². The lowest BCUT2D eigenvalue weighted by Crippen LogP contribution is -2.38. The van der Waals surface area contributed by atoms with E-state index in [4.69, 9.17) is 0 Å². The van der Waals surface area contributed by atoms with Crippen LogP contribution in [0.15, 0.2) is 37.2 Å². The Labute approximate surface area is 107 Å². The topological polar surface area (TPSA) is 65.5 Å². The number of pyridine rings is 1. The Morgan fingerprint density at radius 1 is 1.61 bits per heavy atom. The van der Waals surface area contributed by atoms with Gasteiger partial charge >= 0.3 is 0 Å². The smallest absolute Gasteiger partial charge is 0.243 e. The quantitative estimate of drug-likeness (QED) is 0.676. The van der Waals surface area contributed by atoms with E-state index in [9.17, 15) is 9.90 Å². The third kappa shape index (κ3) is 5.56. The van der Waals surface area contributed by atoms with Gasteiger partial charge < -0.3 is 10.4 Å². The van der Waals surface area contributed by atoms with Gasteiger partial charge in [-0.05, 0) is 30.8 Å². The van der Waals surface area contributed by atoms with Gasteiger partial charge in [-0.15, -0.1) is 0 Å². The molecule has 0 aliphatic carbocycles. The van der Waals surface area contributed by atoms with Gasteiger partial charge in [-0.25, -0.2) is 0 Å². The second kappa shape index (κ2) is 7.58. The predicted octanol–water partition coefficient (Wildman–Crippen LogP) is 0.177. The molecule has 0 radical (unpaired) electrons. The van der Waals surface area contributed by atoms with Crippen molar-refractivity contribution >= 4 is 5.91 Å². The summed E-state index contributed by atoms with van der Waals surface area (Å²) in [4.78, 5) is 16.9. The Hall–Kier alpha value is -1.72. The second-order valence-electron chi connectivity index (χ2n) is 4.16. The molecule has 1 heterocycles. The van der Waals surface area contributed by atoms with Crippen LogP contribution in [0.1, 0.15) is 5.56 Å². The molecule has 1 amide bonds. The fourth-order valence-corrected chi connectivity index (χ4v) is 1.58. The van der Waals surface area contributed by atoms with Crippen LogP contribution in [0.4, 0.5) is 0 Å². The fraction of sp³-hybridized carbons (Fsp3) is 0.385. The molecule has 0 saturated heterocycles. The monoisotopic (exact) mass is 249 g/mol. The van der Waals surface area contributed by atoms with Crippen LogP contribution in [0.2, 0.25) is 0 Å². The molecule has 1 atom stereocenters. The first-order valence-corrected chi connectivity index (χ1v) is 5.77. The van der Waals surface area contributed by atoms with Crippen molar-refractivity contribution in [3.05, 3.63) is 42.7 Å². The summed E-state index contributed by atoms with van der Waals surface area (Å²) >= 11 is 0. The number of rotatable bonds is 7. The predicted molar refractivity (Wildman–Crippen MR) is 69.8 cm³/mol. The molecular formula is C13H19N3O2. The molecule has 5 nitrogen and oxygen atoms in total. The van der Waals surface area contributed by atoms with E-state index in [-0.39, 0.29) is 12.5 Å². The van der Waals surface area contributed by atoms with Crippen molar-refractivity contribution in [3.63, 3.8) is 0 Å². The number of carbonyl (C=O) groups excluding carboxylic acids is 1. The molecule has 98 valence electrons. The first kappa shape index (κ1) is 14.3. The van der Waals surface area contributed by atoms with Gasteiger partial charge in [0.05, 0.1) is 6.10 Å². The van der Waals surface area contributed by atoms with Crippen molar-refractivity contribution in [1.82, 2.24) is 15.2 Å². The van der Waals surface area contributed by atoms with Gasteiger partial charge in [-0.1, -0.05) is 6.58 Å². The molecule has 0 spiro atoms. The lowest BCUT2D eigenvalue weighted by atomic mass is 10.2. The van der Waals surface area contributed by atoms with Gasteiger partial charge in [0.25, 0.3) is 0 Å². The van der Waals surface area contributed by atoms with Gasteiger partial charge in [-0.2, -0.15) is 0 Å². The highest BCUT2D eigenvalue weighted by molar-refractivity contribution is 5.86. The van der Waals surface area contributed by atoms with Crippen LogP contribution in [0.3, 0.4) is 0 Å². The van der Waals surface area contributed by atoms with Crippen LogP contribution in [-0.2, 0) is 11.3 Å². The van der Waals surface area contributed by atoms with Crippen LogP contribution < -0.4 is 5.32 Å². The van der Waals surface area contributed by atoms with Crippen molar-refractivity contribution in [2.75, 3.05) is 20.1 Å². The highest BCUT2D eigenvalue weighted by Gasteiger charge is 2.09. The van der Waals surface area contributed by atoms with E-state index in [1.54, 1.807) is 12.4 Å². The Morgan fingerprint density at radius 2 is 2.28 bits per heavy atom. The van der Waals surface area contributed by atoms with Gasteiger partial charge in [0.15, 0.2) is 0 Å². The molecular weight excluding hydrogens is 230 g/mol. The number of aromatic nitrogens is 1. The van der Waals surface area contributed by atoms with Crippen LogP contribution in [0, 0.1) is 0 Å². The molecule has 2 N–H and O–H groups in total. The van der Waals surface area contributed by atoms with Gasteiger partial charge in [0.1, 0.15) is 0 Å². The SMILES string of the molecule is C=CC(=O)NCC(O)CN(C)Cc1ccncc1. The summed E-state index contributed by atoms with van der Waals surface area (Å²) in [7, 11) is 1.92. The zero-order valence-corrected chi connectivity index (χ0v) is 10.5. The summed E-state index contributed by atoms with van der Waals surface area (Å²) in [5.41, 5.74) is 1.13. The number of nitrogens with one attached hydrogen (secondary N) is 1. The Morgan fingerprint density at radius 3 is 2.89 bits per heavy atom. The maximum absolute atomic E-state index is 10.9. The van der Waals surface area contributed by atoms with Crippen LogP contribution >= 0.6 is 0 Å². The van der Waals surface area contributed by atoms with Gasteiger partial charge in [-0.3, -0.25) is 14.7 Å². The maximum atomic E-state index is 10.9. The van der Waals surface area contributed by atoms with Crippen molar-refractivity contribution in [2.45, 2.75) is 12.6 Å². The summed E-state index contributed by atoms with van der Waals surface area (Å²) in [5, 5.41) is 12.3. The van der Waals surface area contributed by atoms with Crippen molar-refractivity contribution in [1.29, 1.82) is 0 Å². The average Bonchev–Trinajstić information content (AvgIpc) is 2.37. The summed E-state index contributed by atoms with van der Waals surface area (Å²) in [6.07, 6.45) is 4.07. The van der Waals surface area contributed by atoms with E-state index in [2.05, 4.69) is 16.9 Å². The molecule has 5 heteroatoms. The lowest BCUT2D eigenvalue weighted by molar-refractivity contribution is -0.117. The molecule has 1 aromatic rings. The molecule has 18 heavy (non-hydrogen) atoms. The number of hydrogen-bond acceptors (Lipinski definition) is 4. The van der Waals surface area contributed by atoms with Gasteiger partial charge in [0, 0.05) is 32.0 Å². The third-order valence-electron chi connectivity index (χ3n) is 2.42. The Balaban J connectivity index is 2.29. The van der Waals surface area contributed by atoms with Crippen LogP contribution in [0.25, 0.3) is 0 Å². The molecule has 1 aromatic heterocycles. The molecule has 0 aromatic carbocycles. The molecule has 1 unspecified atom stereocenters. The van der Waals surface area contributed by atoms with E-state index in [1.165, 1.54) is 6.08 Å². The van der Waals surface area contributed by atoms with Gasteiger partial charge in [0.2, 0.25) is 5.91 Å². The lowest BCUT2D eigenvalue weighted by Gasteiger charge is -2.20. The molecule has 0 aliphatic heterocycles.